The lowest BCUT2D eigenvalue weighted by atomic mass is 10.2. The maximum Gasteiger partial charge on any atom is 0.270 e. The van der Waals surface area contributed by atoms with Crippen LogP contribution in [0.15, 0.2) is 59.5 Å². The first-order valence-electron chi connectivity index (χ1n) is 6.94. The molecule has 0 aliphatic carbocycles. The zero-order chi connectivity index (χ0) is 19.5. The van der Waals surface area contributed by atoms with Gasteiger partial charge < -0.3 is 5.32 Å². The molecule has 0 aromatic heterocycles. The van der Waals surface area contributed by atoms with E-state index >= 15 is 0 Å². The highest BCUT2D eigenvalue weighted by Crippen LogP contribution is 2.36. The van der Waals surface area contributed by atoms with Gasteiger partial charge in [-0.05, 0) is 18.2 Å². The zero-order valence-electron chi connectivity index (χ0n) is 12.8. The van der Waals surface area contributed by atoms with Crippen LogP contribution in [0.1, 0.15) is 10.4 Å². The van der Waals surface area contributed by atoms with Gasteiger partial charge in [-0.3, -0.25) is 14.9 Å². The first kappa shape index (κ1) is 20.4. The summed E-state index contributed by atoms with van der Waals surface area (Å²) in [6, 6.07) is 11.9. The Bertz CT molecular complexity index is 930. The molecule has 1 N–H and O–H groups in total. The van der Waals surface area contributed by atoms with Crippen molar-refractivity contribution in [2.45, 2.75) is 14.1 Å². The minimum atomic E-state index is -4.25. The third-order valence-corrected chi connectivity index (χ3v) is 6.32. The molecule has 0 unspecified atom stereocenters. The maximum atomic E-state index is 12.7. The standard InChI is InChI=1S/C15H11Cl3N2O5S/c16-15(17,18)14(26(24,25)12-7-2-1-3-8-12)19-13(21)10-5-4-6-11(9-10)20(22)23/h1-9,14H,(H,19,21)/t14-/m0/s1. The second-order valence-electron chi connectivity index (χ2n) is 5.06. The molecule has 138 valence electrons. The quantitative estimate of drug-likeness (QED) is 0.438. The Labute approximate surface area is 163 Å². The van der Waals surface area contributed by atoms with E-state index in [0.29, 0.717) is 0 Å². The van der Waals surface area contributed by atoms with E-state index < -0.39 is 29.8 Å². The van der Waals surface area contributed by atoms with Crippen LogP contribution in [-0.4, -0.2) is 28.4 Å². The van der Waals surface area contributed by atoms with E-state index in [4.69, 9.17) is 34.8 Å². The molecule has 7 nitrogen and oxygen atoms in total. The maximum absolute atomic E-state index is 12.7. The number of nitro groups is 1. The molecule has 0 saturated heterocycles. The van der Waals surface area contributed by atoms with Gasteiger partial charge in [-0.15, -0.1) is 0 Å². The number of sulfone groups is 1. The summed E-state index contributed by atoms with van der Waals surface area (Å²) in [4.78, 5) is 22.3. The van der Waals surface area contributed by atoms with Crippen LogP contribution in [0.3, 0.4) is 0 Å². The molecule has 11 heteroatoms. The van der Waals surface area contributed by atoms with Crippen molar-refractivity contribution in [2.24, 2.45) is 0 Å². The molecule has 1 amide bonds. The minimum absolute atomic E-state index is 0.151. The van der Waals surface area contributed by atoms with Gasteiger partial charge in [-0.1, -0.05) is 59.1 Å². The number of nitrogens with one attached hydrogen (secondary N) is 1. The van der Waals surface area contributed by atoms with Crippen molar-refractivity contribution in [3.05, 3.63) is 70.3 Å². The van der Waals surface area contributed by atoms with Gasteiger partial charge in [-0.25, -0.2) is 8.42 Å². The fourth-order valence-electron chi connectivity index (χ4n) is 2.04. The van der Waals surface area contributed by atoms with Gasteiger partial charge in [0.15, 0.2) is 5.37 Å². The highest BCUT2D eigenvalue weighted by Gasteiger charge is 2.44. The Morgan fingerprint density at radius 3 is 2.23 bits per heavy atom. The Balaban J connectivity index is 2.39. The third-order valence-electron chi connectivity index (χ3n) is 3.26. The smallest absolute Gasteiger partial charge is 0.270 e. The molecule has 0 aliphatic heterocycles. The largest absolute Gasteiger partial charge is 0.332 e. The molecule has 0 spiro atoms. The Hall–Kier alpha value is -1.87. The number of hydrogen-bond donors (Lipinski definition) is 1. The number of rotatable bonds is 5. The van der Waals surface area contributed by atoms with Gasteiger partial charge >= 0.3 is 0 Å². The summed E-state index contributed by atoms with van der Waals surface area (Å²) in [7, 11) is -4.25. The molecule has 0 heterocycles. The summed E-state index contributed by atoms with van der Waals surface area (Å²) in [5.41, 5.74) is -0.490. The summed E-state index contributed by atoms with van der Waals surface area (Å²) in [6.45, 7) is 0. The molecule has 2 aromatic carbocycles. The van der Waals surface area contributed by atoms with Crippen molar-refractivity contribution in [2.75, 3.05) is 0 Å². The lowest BCUT2D eigenvalue weighted by Crippen LogP contribution is -2.49. The van der Waals surface area contributed by atoms with E-state index in [-0.39, 0.29) is 16.1 Å². The van der Waals surface area contributed by atoms with E-state index in [1.807, 2.05) is 0 Å². The SMILES string of the molecule is O=C(N[C@H](C(Cl)(Cl)Cl)S(=O)(=O)c1ccccc1)c1cccc([N+](=O)[O-])c1. The van der Waals surface area contributed by atoms with Crippen LogP contribution >= 0.6 is 34.8 Å². The molecule has 0 saturated carbocycles. The fraction of sp³-hybridized carbons (Fsp3) is 0.133. The van der Waals surface area contributed by atoms with E-state index in [1.54, 1.807) is 6.07 Å². The fourth-order valence-corrected chi connectivity index (χ4v) is 4.69. The number of alkyl halides is 3. The Morgan fingerprint density at radius 2 is 1.69 bits per heavy atom. The number of benzene rings is 2. The van der Waals surface area contributed by atoms with Crippen molar-refractivity contribution < 1.29 is 18.1 Å². The van der Waals surface area contributed by atoms with Crippen molar-refractivity contribution in [3.63, 3.8) is 0 Å². The molecular formula is C15H11Cl3N2O5S. The average Bonchev–Trinajstić information content (AvgIpc) is 2.59. The van der Waals surface area contributed by atoms with Gasteiger partial charge in [0.1, 0.15) is 0 Å². The van der Waals surface area contributed by atoms with E-state index in [1.165, 1.54) is 42.5 Å². The van der Waals surface area contributed by atoms with Gasteiger partial charge in [0.05, 0.1) is 9.82 Å². The predicted octanol–water partition coefficient (Wildman–Crippen LogP) is 3.49. The van der Waals surface area contributed by atoms with Gasteiger partial charge in [0.25, 0.3) is 11.6 Å². The van der Waals surface area contributed by atoms with E-state index in [2.05, 4.69) is 5.32 Å². The summed E-state index contributed by atoms with van der Waals surface area (Å²) >= 11 is 17.3. The number of non-ortho nitro benzene ring substituents is 1. The number of nitrogens with zero attached hydrogens (tertiary/aromatic N) is 1. The van der Waals surface area contributed by atoms with Crippen LogP contribution in [0, 0.1) is 10.1 Å². The van der Waals surface area contributed by atoms with Crippen LogP contribution in [0.4, 0.5) is 5.69 Å². The predicted molar refractivity (Wildman–Crippen MR) is 98.3 cm³/mol. The first-order chi connectivity index (χ1) is 12.0. The minimum Gasteiger partial charge on any atom is -0.332 e. The molecule has 0 fully saturated rings. The van der Waals surface area contributed by atoms with Crippen LogP contribution in [0.25, 0.3) is 0 Å². The number of amides is 1. The number of halogens is 3. The molecule has 2 aromatic rings. The lowest BCUT2D eigenvalue weighted by Gasteiger charge is -2.25. The monoisotopic (exact) mass is 436 g/mol. The Kier molecular flexibility index (Phi) is 6.13. The van der Waals surface area contributed by atoms with Crippen LogP contribution in [0.2, 0.25) is 0 Å². The van der Waals surface area contributed by atoms with Gasteiger partial charge in [0.2, 0.25) is 13.6 Å². The van der Waals surface area contributed by atoms with Crippen LogP contribution < -0.4 is 5.32 Å². The van der Waals surface area contributed by atoms with Gasteiger partial charge in [0, 0.05) is 17.7 Å². The van der Waals surface area contributed by atoms with E-state index in [9.17, 15) is 23.3 Å². The lowest BCUT2D eigenvalue weighted by molar-refractivity contribution is -0.384. The number of hydrogen-bond acceptors (Lipinski definition) is 5. The summed E-state index contributed by atoms with van der Waals surface area (Å²) in [5.74, 6) is -0.940. The number of carbonyl (C=O) groups excluding carboxylic acids is 1. The highest BCUT2D eigenvalue weighted by molar-refractivity contribution is 7.92. The van der Waals surface area contributed by atoms with Crippen molar-refractivity contribution in [3.8, 4) is 0 Å². The zero-order valence-corrected chi connectivity index (χ0v) is 15.9. The number of carbonyl (C=O) groups is 1. The summed E-state index contributed by atoms with van der Waals surface area (Å²) in [5, 5.41) is 11.0. The third kappa shape index (κ3) is 4.64. The number of nitro benzene ring substituents is 1. The first-order valence-corrected chi connectivity index (χ1v) is 9.62. The molecule has 0 radical (unpaired) electrons. The molecule has 2 rings (SSSR count). The van der Waals surface area contributed by atoms with E-state index in [0.717, 1.165) is 6.07 Å². The average molecular weight is 438 g/mol. The molecular weight excluding hydrogens is 427 g/mol. The topological polar surface area (TPSA) is 106 Å². The second kappa shape index (κ2) is 7.79. The summed E-state index contributed by atoms with van der Waals surface area (Å²) < 4.78 is 23.1. The van der Waals surface area contributed by atoms with Gasteiger partial charge in [-0.2, -0.15) is 0 Å². The molecule has 1 atom stereocenters. The molecule has 0 aliphatic rings. The van der Waals surface area contributed by atoms with Crippen molar-refractivity contribution >= 4 is 56.2 Å². The molecule has 26 heavy (non-hydrogen) atoms. The second-order valence-corrected chi connectivity index (χ2v) is 9.46. The summed E-state index contributed by atoms with van der Waals surface area (Å²) in [6.07, 6.45) is 0. The Morgan fingerprint density at radius 1 is 1.08 bits per heavy atom. The normalized spacial score (nSPS) is 13.0. The van der Waals surface area contributed by atoms with Crippen LogP contribution in [0.5, 0.6) is 0 Å². The van der Waals surface area contributed by atoms with Crippen molar-refractivity contribution in [1.29, 1.82) is 0 Å². The molecule has 0 bridgehead atoms. The van der Waals surface area contributed by atoms with Crippen molar-refractivity contribution in [1.82, 2.24) is 5.32 Å². The highest BCUT2D eigenvalue weighted by atomic mass is 35.6. The van der Waals surface area contributed by atoms with Crippen LogP contribution in [-0.2, 0) is 9.84 Å².